The summed E-state index contributed by atoms with van der Waals surface area (Å²) in [5, 5.41) is 10.9. The molecule has 0 heterocycles. The molecule has 1 aromatic rings. The number of allylic oxidation sites excluding steroid dienone is 1. The molecule has 1 aromatic carbocycles. The van der Waals surface area contributed by atoms with E-state index in [1.807, 2.05) is 18.2 Å². The van der Waals surface area contributed by atoms with E-state index < -0.39 is 5.60 Å². The second-order valence-electron chi connectivity index (χ2n) is 5.25. The van der Waals surface area contributed by atoms with Crippen molar-refractivity contribution in [3.63, 3.8) is 0 Å². The van der Waals surface area contributed by atoms with Crippen LogP contribution in [0.25, 0.3) is 0 Å². The lowest BCUT2D eigenvalue weighted by Crippen LogP contribution is -2.26. The van der Waals surface area contributed by atoms with Gasteiger partial charge in [-0.1, -0.05) is 12.1 Å². The van der Waals surface area contributed by atoms with Gasteiger partial charge in [-0.3, -0.25) is 0 Å². The summed E-state index contributed by atoms with van der Waals surface area (Å²) < 4.78 is 0. The Morgan fingerprint density at radius 1 is 1.18 bits per heavy atom. The Bertz CT molecular complexity index is 478. The fraction of sp³-hybridized carbons (Fsp3) is 0.467. The largest absolute Gasteiger partial charge is 0.399 e. The first kappa shape index (κ1) is 10.8. The second kappa shape index (κ2) is 3.88. The van der Waals surface area contributed by atoms with Crippen molar-refractivity contribution in [3.8, 4) is 0 Å². The number of hydrogen-bond acceptors (Lipinski definition) is 2. The van der Waals surface area contributed by atoms with E-state index in [2.05, 4.69) is 6.08 Å². The minimum absolute atomic E-state index is 0.705. The number of aryl methyl sites for hydroxylation is 1. The highest BCUT2D eigenvalue weighted by Crippen LogP contribution is 2.45. The van der Waals surface area contributed by atoms with E-state index in [4.69, 9.17) is 5.73 Å². The van der Waals surface area contributed by atoms with Gasteiger partial charge in [0.1, 0.15) is 5.60 Å². The number of rotatable bonds is 1. The summed E-state index contributed by atoms with van der Waals surface area (Å²) in [5.74, 6) is 0. The number of nitrogen functional groups attached to an aromatic ring is 1. The van der Waals surface area contributed by atoms with Crippen LogP contribution in [0.1, 0.15) is 43.2 Å². The van der Waals surface area contributed by atoms with Gasteiger partial charge in [0, 0.05) is 5.69 Å². The molecule has 2 heteroatoms. The van der Waals surface area contributed by atoms with Crippen LogP contribution in [0.15, 0.2) is 29.8 Å². The lowest BCUT2D eigenvalue weighted by molar-refractivity contribution is 0.0726. The fourth-order valence-corrected chi connectivity index (χ4v) is 3.22. The van der Waals surface area contributed by atoms with Crippen molar-refractivity contribution in [2.24, 2.45) is 0 Å². The number of anilines is 1. The van der Waals surface area contributed by atoms with Gasteiger partial charge in [-0.2, -0.15) is 0 Å². The summed E-state index contributed by atoms with van der Waals surface area (Å²) in [5.41, 5.74) is 9.43. The Kier molecular flexibility index (Phi) is 2.48. The van der Waals surface area contributed by atoms with Crippen LogP contribution < -0.4 is 5.73 Å². The smallest absolute Gasteiger partial charge is 0.111 e. The monoisotopic (exact) mass is 229 g/mol. The van der Waals surface area contributed by atoms with Crippen molar-refractivity contribution in [3.05, 3.63) is 41.0 Å². The molecule has 0 saturated heterocycles. The zero-order valence-corrected chi connectivity index (χ0v) is 10.1. The van der Waals surface area contributed by atoms with Gasteiger partial charge in [0.15, 0.2) is 0 Å². The van der Waals surface area contributed by atoms with Crippen molar-refractivity contribution in [2.75, 3.05) is 5.73 Å². The van der Waals surface area contributed by atoms with E-state index in [1.54, 1.807) is 0 Å². The van der Waals surface area contributed by atoms with Crippen LogP contribution in [0.3, 0.4) is 0 Å². The number of benzene rings is 1. The molecule has 1 atom stereocenters. The minimum atomic E-state index is -0.705. The Labute approximate surface area is 102 Å². The lowest BCUT2D eigenvalue weighted by Gasteiger charge is -2.30. The summed E-state index contributed by atoms with van der Waals surface area (Å²) in [4.78, 5) is 0. The van der Waals surface area contributed by atoms with Gasteiger partial charge >= 0.3 is 0 Å². The third-order valence-electron chi connectivity index (χ3n) is 4.15. The molecule has 2 aliphatic rings. The Balaban J connectivity index is 2.04. The van der Waals surface area contributed by atoms with Crippen LogP contribution in [-0.2, 0) is 12.0 Å². The normalized spacial score (nSPS) is 27.7. The van der Waals surface area contributed by atoms with Crippen LogP contribution in [0.5, 0.6) is 0 Å². The molecule has 2 nitrogen and oxygen atoms in total. The van der Waals surface area contributed by atoms with Crippen LogP contribution in [0.2, 0.25) is 0 Å². The average molecular weight is 229 g/mol. The molecule has 3 rings (SSSR count). The molecule has 3 N–H and O–H groups in total. The van der Waals surface area contributed by atoms with Gasteiger partial charge in [-0.25, -0.2) is 0 Å². The highest BCUT2D eigenvalue weighted by molar-refractivity contribution is 5.51. The molecule has 17 heavy (non-hydrogen) atoms. The molecule has 0 aromatic heterocycles. The molecular formula is C15H19NO. The van der Waals surface area contributed by atoms with Crippen molar-refractivity contribution in [1.82, 2.24) is 0 Å². The molecule has 0 bridgehead atoms. The molecule has 0 spiro atoms. The SMILES string of the molecule is Nc1ccc2c(c1)CCC2(O)C1=CCCCC1. The summed E-state index contributed by atoms with van der Waals surface area (Å²) in [6, 6.07) is 5.92. The second-order valence-corrected chi connectivity index (χ2v) is 5.25. The van der Waals surface area contributed by atoms with Gasteiger partial charge < -0.3 is 10.8 Å². The molecule has 0 aliphatic heterocycles. The van der Waals surface area contributed by atoms with Crippen LogP contribution >= 0.6 is 0 Å². The summed E-state index contributed by atoms with van der Waals surface area (Å²) in [7, 11) is 0. The molecule has 2 aliphatic carbocycles. The third-order valence-corrected chi connectivity index (χ3v) is 4.15. The molecular weight excluding hydrogens is 210 g/mol. The molecule has 0 saturated carbocycles. The maximum Gasteiger partial charge on any atom is 0.111 e. The molecule has 0 amide bonds. The van der Waals surface area contributed by atoms with Crippen LogP contribution in [0.4, 0.5) is 5.69 Å². The van der Waals surface area contributed by atoms with Crippen LogP contribution in [0, 0.1) is 0 Å². The van der Waals surface area contributed by atoms with E-state index >= 15 is 0 Å². The first-order valence-corrected chi connectivity index (χ1v) is 6.51. The zero-order chi connectivity index (χ0) is 11.9. The maximum absolute atomic E-state index is 10.9. The first-order chi connectivity index (χ1) is 8.20. The maximum atomic E-state index is 10.9. The van der Waals surface area contributed by atoms with E-state index in [-0.39, 0.29) is 0 Å². The van der Waals surface area contributed by atoms with Gasteiger partial charge in [0.05, 0.1) is 0 Å². The Morgan fingerprint density at radius 3 is 2.82 bits per heavy atom. The van der Waals surface area contributed by atoms with E-state index in [9.17, 15) is 5.11 Å². The average Bonchev–Trinajstić information content (AvgIpc) is 2.69. The number of hydrogen-bond donors (Lipinski definition) is 2. The first-order valence-electron chi connectivity index (χ1n) is 6.51. The van der Waals surface area contributed by atoms with Gasteiger partial charge in [-0.05, 0) is 67.4 Å². The van der Waals surface area contributed by atoms with E-state index in [1.165, 1.54) is 24.0 Å². The number of aliphatic hydroxyl groups is 1. The summed E-state index contributed by atoms with van der Waals surface area (Å²) in [6.07, 6.45) is 8.62. The standard InChI is InChI=1S/C15H19NO/c16-13-6-7-14-11(10-13)8-9-15(14,17)12-4-2-1-3-5-12/h4,6-7,10,17H,1-3,5,8-9,16H2. The van der Waals surface area contributed by atoms with E-state index in [0.29, 0.717) is 0 Å². The topological polar surface area (TPSA) is 46.2 Å². The molecule has 0 fully saturated rings. The Hall–Kier alpha value is -1.28. The van der Waals surface area contributed by atoms with Gasteiger partial charge in [0.2, 0.25) is 0 Å². The van der Waals surface area contributed by atoms with Gasteiger partial charge in [0.25, 0.3) is 0 Å². The predicted molar refractivity (Wildman–Crippen MR) is 69.6 cm³/mol. The zero-order valence-electron chi connectivity index (χ0n) is 10.1. The van der Waals surface area contributed by atoms with Crippen molar-refractivity contribution < 1.29 is 5.11 Å². The van der Waals surface area contributed by atoms with Crippen molar-refractivity contribution in [1.29, 1.82) is 0 Å². The Morgan fingerprint density at radius 2 is 2.06 bits per heavy atom. The third kappa shape index (κ3) is 1.67. The fourth-order valence-electron chi connectivity index (χ4n) is 3.22. The van der Waals surface area contributed by atoms with Crippen LogP contribution in [-0.4, -0.2) is 5.11 Å². The van der Waals surface area contributed by atoms with Crippen molar-refractivity contribution in [2.45, 2.75) is 44.1 Å². The van der Waals surface area contributed by atoms with Gasteiger partial charge in [-0.15, -0.1) is 0 Å². The van der Waals surface area contributed by atoms with E-state index in [0.717, 1.165) is 36.9 Å². The summed E-state index contributed by atoms with van der Waals surface area (Å²) in [6.45, 7) is 0. The molecule has 90 valence electrons. The summed E-state index contributed by atoms with van der Waals surface area (Å²) >= 11 is 0. The predicted octanol–water partition coefficient (Wildman–Crippen LogP) is 2.90. The number of fused-ring (bicyclic) bond motifs is 1. The van der Waals surface area contributed by atoms with Crippen molar-refractivity contribution >= 4 is 5.69 Å². The number of nitrogens with two attached hydrogens (primary N) is 1. The quantitative estimate of drug-likeness (QED) is 0.574. The highest BCUT2D eigenvalue weighted by atomic mass is 16.3. The molecule has 0 radical (unpaired) electrons. The minimum Gasteiger partial charge on any atom is -0.399 e. The highest BCUT2D eigenvalue weighted by Gasteiger charge is 2.39. The lowest BCUT2D eigenvalue weighted by atomic mass is 9.81. The molecule has 1 unspecified atom stereocenters.